The minimum atomic E-state index is 0.549. The maximum atomic E-state index is 8.51. The van der Waals surface area contributed by atoms with E-state index in [1.807, 2.05) is 19.1 Å². The maximum absolute atomic E-state index is 8.51. The van der Waals surface area contributed by atoms with E-state index in [2.05, 4.69) is 0 Å². The summed E-state index contributed by atoms with van der Waals surface area (Å²) < 4.78 is 0. The summed E-state index contributed by atoms with van der Waals surface area (Å²) >= 11 is 0. The van der Waals surface area contributed by atoms with Crippen molar-refractivity contribution in [3.8, 4) is 6.07 Å². The highest BCUT2D eigenvalue weighted by Crippen LogP contribution is 1.97. The predicted octanol–water partition coefficient (Wildman–Crippen LogP) is 0.660. The van der Waals surface area contributed by atoms with Crippen molar-refractivity contribution in [2.45, 2.75) is 6.92 Å². The molecule has 0 aliphatic heterocycles. The Morgan fingerprint density at radius 3 is 2.70 bits per heavy atom. The van der Waals surface area contributed by atoms with E-state index in [0.717, 1.165) is 5.56 Å². The SMILES string of the molecule is [B]c1ccc(C)cc1C#N. The van der Waals surface area contributed by atoms with Gasteiger partial charge in [-0.1, -0.05) is 17.6 Å². The van der Waals surface area contributed by atoms with Crippen molar-refractivity contribution in [2.24, 2.45) is 0 Å². The van der Waals surface area contributed by atoms with Crippen LogP contribution in [-0.2, 0) is 0 Å². The molecule has 0 fully saturated rings. The normalized spacial score (nSPS) is 8.80. The lowest BCUT2D eigenvalue weighted by Gasteiger charge is -1.96. The Kier molecular flexibility index (Phi) is 1.77. The van der Waals surface area contributed by atoms with Gasteiger partial charge in [0.25, 0.3) is 0 Å². The monoisotopic (exact) mass is 127 g/mol. The molecule has 0 saturated carbocycles. The first-order chi connectivity index (χ1) is 4.74. The van der Waals surface area contributed by atoms with E-state index < -0.39 is 0 Å². The molecule has 1 aromatic rings. The van der Waals surface area contributed by atoms with Gasteiger partial charge in [0.1, 0.15) is 7.85 Å². The maximum Gasteiger partial charge on any atom is 0.115 e. The first-order valence-electron chi connectivity index (χ1n) is 3.00. The van der Waals surface area contributed by atoms with Crippen LogP contribution in [0.4, 0.5) is 0 Å². The average Bonchev–Trinajstić information content (AvgIpc) is 1.94. The summed E-state index contributed by atoms with van der Waals surface area (Å²) in [6, 6.07) is 7.41. The summed E-state index contributed by atoms with van der Waals surface area (Å²) in [5.41, 5.74) is 2.17. The molecule has 46 valence electrons. The minimum Gasteiger partial charge on any atom is -0.192 e. The van der Waals surface area contributed by atoms with Crippen LogP contribution >= 0.6 is 0 Å². The van der Waals surface area contributed by atoms with Crippen LogP contribution in [0.5, 0.6) is 0 Å². The van der Waals surface area contributed by atoms with Crippen LogP contribution in [0.15, 0.2) is 18.2 Å². The van der Waals surface area contributed by atoms with Crippen molar-refractivity contribution >= 4 is 13.3 Å². The van der Waals surface area contributed by atoms with Crippen molar-refractivity contribution in [3.63, 3.8) is 0 Å². The number of hydrogen-bond donors (Lipinski definition) is 0. The summed E-state index contributed by atoms with van der Waals surface area (Å²) in [4.78, 5) is 0. The summed E-state index contributed by atoms with van der Waals surface area (Å²) in [5.74, 6) is 0. The van der Waals surface area contributed by atoms with Gasteiger partial charge in [-0.25, -0.2) is 0 Å². The zero-order valence-corrected chi connectivity index (χ0v) is 5.76. The molecule has 0 spiro atoms. The first-order valence-corrected chi connectivity index (χ1v) is 3.00. The number of hydrogen-bond acceptors (Lipinski definition) is 1. The van der Waals surface area contributed by atoms with Crippen LogP contribution in [0.1, 0.15) is 11.1 Å². The zero-order chi connectivity index (χ0) is 7.56. The molecule has 1 aromatic carbocycles. The Morgan fingerprint density at radius 1 is 1.50 bits per heavy atom. The molecule has 0 amide bonds. The number of aryl methyl sites for hydroxylation is 1. The molecule has 0 unspecified atom stereocenters. The van der Waals surface area contributed by atoms with E-state index in [1.54, 1.807) is 12.1 Å². The van der Waals surface area contributed by atoms with Crippen molar-refractivity contribution in [1.29, 1.82) is 5.26 Å². The molecule has 0 heterocycles. The van der Waals surface area contributed by atoms with Crippen LogP contribution in [0, 0.1) is 18.3 Å². The van der Waals surface area contributed by atoms with Crippen molar-refractivity contribution in [3.05, 3.63) is 29.3 Å². The summed E-state index contributed by atoms with van der Waals surface area (Å²) in [5, 5.41) is 8.51. The third-order valence-corrected chi connectivity index (χ3v) is 1.33. The Balaban J connectivity index is 3.25. The van der Waals surface area contributed by atoms with Crippen LogP contribution in [-0.4, -0.2) is 7.85 Å². The fourth-order valence-corrected chi connectivity index (χ4v) is 0.767. The lowest BCUT2D eigenvalue weighted by molar-refractivity contribution is 1.44. The van der Waals surface area contributed by atoms with Crippen molar-refractivity contribution in [2.75, 3.05) is 0 Å². The number of benzene rings is 1. The van der Waals surface area contributed by atoms with Gasteiger partial charge in [-0.05, 0) is 18.6 Å². The van der Waals surface area contributed by atoms with E-state index in [0.29, 0.717) is 11.0 Å². The lowest BCUT2D eigenvalue weighted by atomic mass is 9.90. The largest absolute Gasteiger partial charge is 0.192 e. The highest BCUT2D eigenvalue weighted by molar-refractivity contribution is 6.33. The molecule has 1 nitrogen and oxygen atoms in total. The Bertz CT molecular complexity index is 286. The lowest BCUT2D eigenvalue weighted by Crippen LogP contribution is -2.06. The van der Waals surface area contributed by atoms with Gasteiger partial charge >= 0.3 is 0 Å². The first kappa shape index (κ1) is 6.89. The fraction of sp³-hybridized carbons (Fsp3) is 0.125. The van der Waals surface area contributed by atoms with E-state index >= 15 is 0 Å². The van der Waals surface area contributed by atoms with Gasteiger partial charge in [-0.2, -0.15) is 5.26 Å². The summed E-state index contributed by atoms with van der Waals surface area (Å²) in [6.45, 7) is 1.93. The van der Waals surface area contributed by atoms with Gasteiger partial charge in [0.05, 0.1) is 6.07 Å². The molecule has 10 heavy (non-hydrogen) atoms. The van der Waals surface area contributed by atoms with E-state index in [1.165, 1.54) is 0 Å². The molecule has 2 heteroatoms. The third kappa shape index (κ3) is 1.19. The molecule has 2 radical (unpaired) electrons. The highest BCUT2D eigenvalue weighted by atomic mass is 14.2. The molecule has 0 saturated heterocycles. The molecular weight excluding hydrogens is 121 g/mol. The van der Waals surface area contributed by atoms with Crippen LogP contribution < -0.4 is 5.46 Å². The van der Waals surface area contributed by atoms with Gasteiger partial charge in [0, 0.05) is 5.56 Å². The molecule has 1 rings (SSSR count). The Morgan fingerprint density at radius 2 is 2.20 bits per heavy atom. The molecular formula is C8H6BN. The van der Waals surface area contributed by atoms with Gasteiger partial charge in [0.2, 0.25) is 0 Å². The molecule has 0 bridgehead atoms. The van der Waals surface area contributed by atoms with E-state index in [-0.39, 0.29) is 0 Å². The third-order valence-electron chi connectivity index (χ3n) is 1.33. The summed E-state index contributed by atoms with van der Waals surface area (Å²) in [7, 11) is 5.48. The van der Waals surface area contributed by atoms with E-state index in [9.17, 15) is 0 Å². The quantitative estimate of drug-likeness (QED) is 0.469. The molecule has 0 aliphatic carbocycles. The average molecular weight is 127 g/mol. The van der Waals surface area contributed by atoms with Gasteiger partial charge in [0.15, 0.2) is 0 Å². The second kappa shape index (κ2) is 2.57. The topological polar surface area (TPSA) is 23.8 Å². The second-order valence-corrected chi connectivity index (χ2v) is 2.20. The number of rotatable bonds is 0. The molecule has 0 aromatic heterocycles. The van der Waals surface area contributed by atoms with Crippen LogP contribution in [0.25, 0.3) is 0 Å². The molecule has 0 atom stereocenters. The summed E-state index contributed by atoms with van der Waals surface area (Å²) in [6.07, 6.45) is 0. The van der Waals surface area contributed by atoms with Crippen LogP contribution in [0.3, 0.4) is 0 Å². The Labute approximate surface area is 61.7 Å². The van der Waals surface area contributed by atoms with Gasteiger partial charge < -0.3 is 0 Å². The number of nitriles is 1. The highest BCUT2D eigenvalue weighted by Gasteiger charge is 1.93. The smallest absolute Gasteiger partial charge is 0.115 e. The van der Waals surface area contributed by atoms with Crippen LogP contribution in [0.2, 0.25) is 0 Å². The van der Waals surface area contributed by atoms with Crippen molar-refractivity contribution in [1.82, 2.24) is 0 Å². The number of nitrogens with zero attached hydrogens (tertiary/aromatic N) is 1. The minimum absolute atomic E-state index is 0.549. The predicted molar refractivity (Wildman–Crippen MR) is 41.3 cm³/mol. The Hall–Kier alpha value is -1.23. The molecule has 0 N–H and O–H groups in total. The fourth-order valence-electron chi connectivity index (χ4n) is 0.767. The van der Waals surface area contributed by atoms with E-state index in [4.69, 9.17) is 13.1 Å². The van der Waals surface area contributed by atoms with Gasteiger partial charge in [-0.3, -0.25) is 0 Å². The second-order valence-electron chi connectivity index (χ2n) is 2.20. The molecule has 0 aliphatic rings. The zero-order valence-electron chi connectivity index (χ0n) is 5.76. The van der Waals surface area contributed by atoms with Crippen molar-refractivity contribution < 1.29 is 0 Å². The van der Waals surface area contributed by atoms with Gasteiger partial charge in [-0.15, -0.1) is 0 Å². The standard InChI is InChI=1S/C8H6BN/c1-6-2-3-8(9)7(4-6)5-10/h2-4H,1H3.